The van der Waals surface area contributed by atoms with E-state index in [1.165, 1.54) is 0 Å². The summed E-state index contributed by atoms with van der Waals surface area (Å²) in [5, 5.41) is 9.41. The van der Waals surface area contributed by atoms with E-state index in [1.54, 1.807) is 7.11 Å². The Hall–Kier alpha value is -0.200. The summed E-state index contributed by atoms with van der Waals surface area (Å²) in [7, 11) is 1.57. The fraction of sp³-hybridized carbons (Fsp3) is 1.00. The normalized spacial score (nSPS) is 43.8. The van der Waals surface area contributed by atoms with Gasteiger partial charge in [0.25, 0.3) is 0 Å². The molecule has 1 N–H and O–H groups in total. The van der Waals surface area contributed by atoms with Gasteiger partial charge in [-0.15, -0.1) is 0 Å². The molecular weight excluding hydrogens is 176 g/mol. The molecule has 76 valence electrons. The highest BCUT2D eigenvalue weighted by molar-refractivity contribution is 4.94. The van der Waals surface area contributed by atoms with Gasteiger partial charge in [-0.2, -0.15) is 0 Å². The highest BCUT2D eigenvalue weighted by Crippen LogP contribution is 2.28. The van der Waals surface area contributed by atoms with Gasteiger partial charge in [0.1, 0.15) is 31.2 Å². The van der Waals surface area contributed by atoms with Crippen LogP contribution in [0.2, 0.25) is 0 Å². The summed E-state index contributed by atoms with van der Waals surface area (Å²) in [6.45, 7) is 1.04. The first-order valence-corrected chi connectivity index (χ1v) is 4.34. The summed E-state index contributed by atoms with van der Waals surface area (Å²) in [6.07, 6.45) is -0.977. The molecule has 2 aliphatic rings. The van der Waals surface area contributed by atoms with Crippen molar-refractivity contribution < 1.29 is 24.1 Å². The molecule has 0 radical (unpaired) electrons. The summed E-state index contributed by atoms with van der Waals surface area (Å²) in [5.41, 5.74) is 0. The fourth-order valence-corrected chi connectivity index (χ4v) is 1.74. The zero-order chi connectivity index (χ0) is 9.26. The van der Waals surface area contributed by atoms with Crippen LogP contribution in [-0.2, 0) is 18.9 Å². The van der Waals surface area contributed by atoms with Crippen LogP contribution in [0.25, 0.3) is 0 Å². The lowest BCUT2D eigenvalue weighted by atomic mass is 10.1. The first kappa shape index (κ1) is 9.36. The molecule has 0 aromatic carbocycles. The number of rotatable bonds is 3. The molecule has 0 amide bonds. The van der Waals surface area contributed by atoms with Crippen LogP contribution in [0.3, 0.4) is 0 Å². The van der Waals surface area contributed by atoms with Crippen molar-refractivity contribution in [1.29, 1.82) is 0 Å². The highest BCUT2D eigenvalue weighted by Gasteiger charge is 2.47. The maximum Gasteiger partial charge on any atom is 0.146 e. The maximum atomic E-state index is 9.41. The topological polar surface area (TPSA) is 57.2 Å². The van der Waals surface area contributed by atoms with Crippen molar-refractivity contribution in [3.8, 4) is 0 Å². The average molecular weight is 190 g/mol. The van der Waals surface area contributed by atoms with E-state index in [9.17, 15) is 5.11 Å². The maximum absolute atomic E-state index is 9.41. The molecule has 2 saturated heterocycles. The Balaban J connectivity index is 1.87. The molecular formula is C8H14O5. The molecule has 0 aromatic heterocycles. The number of ether oxygens (including phenoxy) is 4. The molecule has 5 nitrogen and oxygen atoms in total. The minimum Gasteiger partial charge on any atom is -0.388 e. The molecule has 4 atom stereocenters. The average Bonchev–Trinajstić information content (AvgIpc) is 2.67. The van der Waals surface area contributed by atoms with Crippen LogP contribution in [-0.4, -0.2) is 56.6 Å². The van der Waals surface area contributed by atoms with Crippen LogP contribution in [0, 0.1) is 0 Å². The predicted octanol–water partition coefficient (Wildman–Crippen LogP) is -0.866. The third kappa shape index (κ3) is 1.70. The van der Waals surface area contributed by atoms with Crippen molar-refractivity contribution in [3.05, 3.63) is 0 Å². The molecule has 5 heteroatoms. The van der Waals surface area contributed by atoms with Crippen molar-refractivity contribution in [1.82, 2.24) is 0 Å². The molecule has 0 aliphatic carbocycles. The van der Waals surface area contributed by atoms with E-state index in [0.29, 0.717) is 13.2 Å². The standard InChI is InChI=1S/C8H14O5/c1-10-4-13-6-3-12-7-5(9)2-11-8(6)7/h5-9H,2-4H2,1H3/t5-,6+,7?,8?/m1/s1. The molecule has 0 spiro atoms. The fourth-order valence-electron chi connectivity index (χ4n) is 1.74. The molecule has 2 rings (SSSR count). The zero-order valence-corrected chi connectivity index (χ0v) is 7.51. The molecule has 2 heterocycles. The number of hydrogen-bond donors (Lipinski definition) is 1. The second-order valence-corrected chi connectivity index (χ2v) is 3.27. The number of aliphatic hydroxyl groups excluding tert-OH is 1. The van der Waals surface area contributed by atoms with Gasteiger partial charge in [-0.3, -0.25) is 0 Å². The molecule has 13 heavy (non-hydrogen) atoms. The summed E-state index contributed by atoms with van der Waals surface area (Å²) < 4.78 is 20.8. The first-order chi connectivity index (χ1) is 6.33. The van der Waals surface area contributed by atoms with Crippen LogP contribution >= 0.6 is 0 Å². The van der Waals surface area contributed by atoms with Crippen LogP contribution in [0.5, 0.6) is 0 Å². The summed E-state index contributed by atoms with van der Waals surface area (Å²) in [6, 6.07) is 0. The Morgan fingerprint density at radius 3 is 2.85 bits per heavy atom. The summed E-state index contributed by atoms with van der Waals surface area (Å²) in [5.74, 6) is 0. The number of fused-ring (bicyclic) bond motifs is 1. The predicted molar refractivity (Wildman–Crippen MR) is 42.2 cm³/mol. The van der Waals surface area contributed by atoms with E-state index in [0.717, 1.165) is 0 Å². The summed E-state index contributed by atoms with van der Waals surface area (Å²) in [4.78, 5) is 0. The van der Waals surface area contributed by atoms with Gasteiger partial charge in [-0.1, -0.05) is 0 Å². The second kappa shape index (κ2) is 3.89. The van der Waals surface area contributed by atoms with Crippen LogP contribution in [0.15, 0.2) is 0 Å². The summed E-state index contributed by atoms with van der Waals surface area (Å²) >= 11 is 0. The smallest absolute Gasteiger partial charge is 0.146 e. The quantitative estimate of drug-likeness (QED) is 0.586. The minimum atomic E-state index is -0.513. The van der Waals surface area contributed by atoms with Crippen molar-refractivity contribution in [2.45, 2.75) is 24.4 Å². The number of methoxy groups -OCH3 is 1. The van der Waals surface area contributed by atoms with E-state index < -0.39 is 6.10 Å². The Morgan fingerprint density at radius 2 is 2.08 bits per heavy atom. The van der Waals surface area contributed by atoms with Crippen molar-refractivity contribution >= 4 is 0 Å². The molecule has 0 bridgehead atoms. The Kier molecular flexibility index (Phi) is 2.80. The molecule has 0 aromatic rings. The first-order valence-electron chi connectivity index (χ1n) is 4.34. The van der Waals surface area contributed by atoms with Crippen molar-refractivity contribution in [2.75, 3.05) is 27.1 Å². The van der Waals surface area contributed by atoms with Crippen LogP contribution < -0.4 is 0 Å². The van der Waals surface area contributed by atoms with Crippen LogP contribution in [0.1, 0.15) is 0 Å². The monoisotopic (exact) mass is 190 g/mol. The highest BCUT2D eigenvalue weighted by atomic mass is 16.7. The Morgan fingerprint density at radius 1 is 1.31 bits per heavy atom. The van der Waals surface area contributed by atoms with Gasteiger partial charge in [0.2, 0.25) is 0 Å². The van der Waals surface area contributed by atoms with Gasteiger partial charge in [0.15, 0.2) is 0 Å². The van der Waals surface area contributed by atoms with Gasteiger partial charge in [-0.05, 0) is 0 Å². The van der Waals surface area contributed by atoms with E-state index in [1.807, 2.05) is 0 Å². The Labute approximate surface area is 76.5 Å². The minimum absolute atomic E-state index is 0.109. The van der Waals surface area contributed by atoms with Crippen LogP contribution in [0.4, 0.5) is 0 Å². The molecule has 2 aliphatic heterocycles. The van der Waals surface area contributed by atoms with Gasteiger partial charge >= 0.3 is 0 Å². The van der Waals surface area contributed by atoms with E-state index >= 15 is 0 Å². The molecule has 2 unspecified atom stereocenters. The third-order valence-corrected chi connectivity index (χ3v) is 2.38. The zero-order valence-electron chi connectivity index (χ0n) is 7.51. The van der Waals surface area contributed by atoms with E-state index in [-0.39, 0.29) is 25.1 Å². The SMILES string of the molecule is COCO[C@H]1COC2C1OC[C@H]2O. The Bertz CT molecular complexity index is 174. The van der Waals surface area contributed by atoms with E-state index in [4.69, 9.17) is 18.9 Å². The molecule has 0 saturated carbocycles. The second-order valence-electron chi connectivity index (χ2n) is 3.27. The number of hydrogen-bond acceptors (Lipinski definition) is 5. The van der Waals surface area contributed by atoms with Gasteiger partial charge < -0.3 is 24.1 Å². The van der Waals surface area contributed by atoms with Gasteiger partial charge in [0.05, 0.1) is 13.2 Å². The van der Waals surface area contributed by atoms with E-state index in [2.05, 4.69) is 0 Å². The lowest BCUT2D eigenvalue weighted by Gasteiger charge is -2.15. The largest absolute Gasteiger partial charge is 0.388 e. The van der Waals surface area contributed by atoms with Gasteiger partial charge in [0, 0.05) is 7.11 Å². The lowest BCUT2D eigenvalue weighted by Crippen LogP contribution is -2.33. The van der Waals surface area contributed by atoms with Gasteiger partial charge in [-0.25, -0.2) is 0 Å². The lowest BCUT2D eigenvalue weighted by molar-refractivity contribution is -0.106. The third-order valence-electron chi connectivity index (χ3n) is 2.38. The molecule has 2 fully saturated rings. The van der Waals surface area contributed by atoms with Crippen molar-refractivity contribution in [3.63, 3.8) is 0 Å². The number of aliphatic hydroxyl groups is 1. The van der Waals surface area contributed by atoms with Crippen molar-refractivity contribution in [2.24, 2.45) is 0 Å².